The Morgan fingerprint density at radius 3 is 2.40 bits per heavy atom. The van der Waals surface area contributed by atoms with Crippen LogP contribution in [0.15, 0.2) is 67.1 Å². The van der Waals surface area contributed by atoms with Gasteiger partial charge in [-0.1, -0.05) is 43.1 Å². The summed E-state index contributed by atoms with van der Waals surface area (Å²) in [6, 6.07) is 15.5. The van der Waals surface area contributed by atoms with E-state index in [1.54, 1.807) is 17.1 Å². The smallest absolute Gasteiger partial charge is 0.329 e. The lowest BCUT2D eigenvalue weighted by atomic mass is 9.88. The first-order valence-corrected chi connectivity index (χ1v) is 23.4. The number of hydrogen-bond acceptors (Lipinski definition) is 11. The van der Waals surface area contributed by atoms with Crippen molar-refractivity contribution in [3.05, 3.63) is 88.3 Å². The van der Waals surface area contributed by atoms with Gasteiger partial charge < -0.3 is 19.9 Å². The Morgan fingerprint density at radius 2 is 1.69 bits per heavy atom. The highest BCUT2D eigenvalue weighted by Gasteiger charge is 2.31. The molecule has 9 rings (SSSR count). The van der Waals surface area contributed by atoms with Gasteiger partial charge in [-0.25, -0.2) is 9.78 Å². The van der Waals surface area contributed by atoms with Crippen molar-refractivity contribution in [1.82, 2.24) is 50.4 Å². The lowest BCUT2D eigenvalue weighted by Crippen LogP contribution is -2.50. The molecule has 0 saturated carbocycles. The molecular weight excluding hydrogens is 896 g/mol. The fourth-order valence-corrected chi connectivity index (χ4v) is 10.0. The molecule has 3 aliphatic heterocycles. The Hall–Kier alpha value is -6.30. The number of piperazine rings is 1. The van der Waals surface area contributed by atoms with Gasteiger partial charge in [0.25, 0.3) is 0 Å². The van der Waals surface area contributed by atoms with Crippen LogP contribution in [0.5, 0.6) is 5.75 Å². The van der Waals surface area contributed by atoms with Gasteiger partial charge in [0.15, 0.2) is 5.82 Å². The number of hydrogen-bond donors (Lipinski definition) is 3. The Bertz CT molecular complexity index is 2810. The topological polar surface area (TPSA) is 187 Å². The molecule has 4 aromatic heterocycles. The molecule has 5 amide bonds. The number of carbonyl (C=O) groups is 4. The first-order valence-electron chi connectivity index (χ1n) is 22.7. The van der Waals surface area contributed by atoms with E-state index < -0.39 is 17.6 Å². The van der Waals surface area contributed by atoms with E-state index in [0.29, 0.717) is 85.3 Å². The number of amides is 5. The number of ether oxygens (including phenoxy) is 1. The summed E-state index contributed by atoms with van der Waals surface area (Å²) in [5.74, 6) is 2.12. The monoisotopic (exact) mass is 948 g/mol. The van der Waals surface area contributed by atoms with E-state index in [1.165, 1.54) is 10.5 Å². The molecule has 0 radical (unpaired) electrons. The van der Waals surface area contributed by atoms with Gasteiger partial charge in [-0.3, -0.25) is 44.3 Å². The number of anilines is 2. The first kappa shape index (κ1) is 45.8. The molecule has 7 heterocycles. The van der Waals surface area contributed by atoms with Crippen LogP contribution < -0.4 is 25.2 Å². The van der Waals surface area contributed by atoms with Gasteiger partial charge >= 0.3 is 6.03 Å². The summed E-state index contributed by atoms with van der Waals surface area (Å²) < 4.78 is 8.03. The molecule has 19 heteroatoms. The minimum absolute atomic E-state index is 0.0410. The minimum atomic E-state index is -0.450. The number of imide groups is 1. The van der Waals surface area contributed by atoms with Crippen molar-refractivity contribution >= 4 is 80.4 Å². The predicted octanol–water partition coefficient (Wildman–Crippen LogP) is 6.86. The van der Waals surface area contributed by atoms with Gasteiger partial charge in [0, 0.05) is 99.6 Å². The van der Waals surface area contributed by atoms with E-state index >= 15 is 0 Å². The fraction of sp³-hybridized carbons (Fsp3) is 0.417. The number of rotatable bonds is 13. The summed E-state index contributed by atoms with van der Waals surface area (Å²) >= 11 is 12.8. The van der Waals surface area contributed by atoms with Crippen molar-refractivity contribution in [1.29, 1.82) is 0 Å². The van der Waals surface area contributed by atoms with Crippen LogP contribution in [0.4, 0.5) is 16.4 Å². The average molecular weight is 950 g/mol. The summed E-state index contributed by atoms with van der Waals surface area (Å²) in [4.78, 5) is 67.5. The van der Waals surface area contributed by atoms with Crippen molar-refractivity contribution in [3.8, 4) is 17.0 Å². The molecule has 0 aliphatic carbocycles. The van der Waals surface area contributed by atoms with E-state index in [0.717, 1.165) is 64.8 Å². The zero-order valence-electron chi connectivity index (χ0n) is 38.0. The summed E-state index contributed by atoms with van der Waals surface area (Å²) in [5.41, 5.74) is 4.85. The lowest BCUT2D eigenvalue weighted by molar-refractivity contribution is -0.134. The lowest BCUT2D eigenvalue weighted by Gasteiger charge is -2.37. The largest absolute Gasteiger partial charge is 0.486 e. The second-order valence-electron chi connectivity index (χ2n) is 18.5. The molecule has 3 saturated heterocycles. The summed E-state index contributed by atoms with van der Waals surface area (Å²) in [7, 11) is 1.86. The molecule has 3 aliphatic rings. The van der Waals surface area contributed by atoms with Crippen molar-refractivity contribution < 1.29 is 23.9 Å². The molecule has 1 atom stereocenters. The number of nitrogens with zero attached hydrogens (tertiary/aromatic N) is 9. The predicted molar refractivity (Wildman–Crippen MR) is 257 cm³/mol. The molecule has 2 aromatic carbocycles. The molecular formula is C48H54Cl2N12O5. The van der Waals surface area contributed by atoms with Gasteiger partial charge in [0.1, 0.15) is 23.4 Å². The van der Waals surface area contributed by atoms with Crippen LogP contribution in [0.25, 0.3) is 33.1 Å². The zero-order valence-corrected chi connectivity index (χ0v) is 39.5. The van der Waals surface area contributed by atoms with Crippen molar-refractivity contribution in [2.45, 2.75) is 58.5 Å². The van der Waals surface area contributed by atoms with Crippen molar-refractivity contribution in [2.75, 3.05) is 68.7 Å². The summed E-state index contributed by atoms with van der Waals surface area (Å²) in [5, 5.41) is 20.4. The molecule has 17 nitrogen and oxygen atoms in total. The number of halogens is 2. The SMILES string of the molecule is C[C@@H](Oc1ccc2[nH]nc(-c3ccc(N4CCN(C(=O)CC(C)(C)CNC(=O)CN5CCC(c6ccc7c(N8CCC(=O)NC8=O)nn(C)c7c6)CC5)CC4)nc3)c2c1)c1c(Cl)cncc1Cl. The fourth-order valence-electron chi connectivity index (χ4n) is 9.34. The third-order valence-electron chi connectivity index (χ3n) is 13.1. The maximum Gasteiger partial charge on any atom is 0.329 e. The van der Waals surface area contributed by atoms with E-state index in [2.05, 4.69) is 52.8 Å². The van der Waals surface area contributed by atoms with Gasteiger partial charge in [-0.05, 0) is 92.2 Å². The number of aromatic nitrogens is 6. The molecule has 6 aromatic rings. The maximum atomic E-state index is 13.5. The quantitative estimate of drug-likeness (QED) is 0.110. The van der Waals surface area contributed by atoms with Crippen LogP contribution >= 0.6 is 23.2 Å². The highest BCUT2D eigenvalue weighted by Crippen LogP contribution is 2.36. The number of pyridine rings is 2. The van der Waals surface area contributed by atoms with Crippen LogP contribution in [-0.4, -0.2) is 122 Å². The second kappa shape index (κ2) is 19.1. The highest BCUT2D eigenvalue weighted by atomic mass is 35.5. The number of urea groups is 1. The molecule has 0 bridgehead atoms. The molecule has 350 valence electrons. The molecule has 3 fully saturated rings. The highest BCUT2D eigenvalue weighted by molar-refractivity contribution is 6.35. The Labute approximate surface area is 398 Å². The van der Waals surface area contributed by atoms with Crippen LogP contribution in [0.1, 0.15) is 69.6 Å². The van der Waals surface area contributed by atoms with Crippen molar-refractivity contribution in [2.24, 2.45) is 12.5 Å². The average Bonchev–Trinajstić information content (AvgIpc) is 3.88. The van der Waals surface area contributed by atoms with Gasteiger partial charge in [0.2, 0.25) is 17.7 Å². The zero-order chi connectivity index (χ0) is 47.0. The number of benzene rings is 2. The number of fused-ring (bicyclic) bond motifs is 2. The third-order valence-corrected chi connectivity index (χ3v) is 13.7. The Morgan fingerprint density at radius 1 is 0.925 bits per heavy atom. The number of likely N-dealkylation sites (tertiary alicyclic amines) is 1. The van der Waals surface area contributed by atoms with E-state index in [-0.39, 0.29) is 24.1 Å². The number of aryl methyl sites for hydroxylation is 1. The Balaban J connectivity index is 0.712. The number of H-pyrrole nitrogens is 1. The van der Waals surface area contributed by atoms with Gasteiger partial charge in [-0.2, -0.15) is 10.2 Å². The standard InChI is InChI=1S/C48H54Cl2N12O5/c1-29(44-36(49)25-51-26-37(44)50)67-33-7-9-38-35(22-33)45(56-55-38)32-6-10-40(52-24-32)60-17-19-61(20-18-60)43(65)23-48(2,3)28-53-42(64)27-59-14-11-30(12-15-59)31-5-8-34-39(21-31)58(4)57-46(34)62-16-13-41(63)54-47(62)66/h5-10,21-22,24-26,29-30H,11-20,23,27-28H2,1-4H3,(H,53,64)(H,55,56)(H,54,63,66)/t29-/m1/s1. The first-order chi connectivity index (χ1) is 32.2. The number of carbonyl (C=O) groups excluding carboxylic acids is 4. The number of piperidine rings is 1. The van der Waals surface area contributed by atoms with E-state index in [4.69, 9.17) is 32.9 Å². The Kier molecular flexibility index (Phi) is 13.1. The van der Waals surface area contributed by atoms with E-state index in [1.807, 2.05) is 75.3 Å². The third kappa shape index (κ3) is 10.0. The van der Waals surface area contributed by atoms with Crippen LogP contribution in [0.2, 0.25) is 10.0 Å². The van der Waals surface area contributed by atoms with Crippen LogP contribution in [-0.2, 0) is 21.4 Å². The molecule has 0 unspecified atom stereocenters. The second-order valence-corrected chi connectivity index (χ2v) is 19.3. The number of nitrogens with one attached hydrogen (secondary N) is 3. The van der Waals surface area contributed by atoms with Crippen LogP contribution in [0.3, 0.4) is 0 Å². The van der Waals surface area contributed by atoms with Crippen molar-refractivity contribution in [3.63, 3.8) is 0 Å². The van der Waals surface area contributed by atoms with Gasteiger partial charge in [-0.15, -0.1) is 0 Å². The van der Waals surface area contributed by atoms with Gasteiger partial charge in [0.05, 0.1) is 27.6 Å². The normalized spacial score (nSPS) is 17.0. The molecule has 3 N–H and O–H groups in total. The summed E-state index contributed by atoms with van der Waals surface area (Å²) in [6.07, 6.45) is 6.90. The minimum Gasteiger partial charge on any atom is -0.486 e. The molecule has 0 spiro atoms. The maximum absolute atomic E-state index is 13.5. The van der Waals surface area contributed by atoms with E-state index in [9.17, 15) is 19.2 Å². The summed E-state index contributed by atoms with van der Waals surface area (Å²) in [6.45, 7) is 11.0. The number of aromatic amines is 1. The molecule has 67 heavy (non-hydrogen) atoms. The van der Waals surface area contributed by atoms with Crippen LogP contribution in [0, 0.1) is 5.41 Å².